The van der Waals surface area contributed by atoms with Crippen LogP contribution in [-0.4, -0.2) is 48.2 Å². The molecule has 2 unspecified atom stereocenters. The minimum absolute atomic E-state index is 0.283. The quantitative estimate of drug-likeness (QED) is 0.117. The lowest BCUT2D eigenvalue weighted by Gasteiger charge is -2.37. The van der Waals surface area contributed by atoms with Crippen LogP contribution in [0, 0.1) is 0 Å². The third kappa shape index (κ3) is 12.2. The Labute approximate surface area is 188 Å². The molecule has 1 aliphatic heterocycles. The summed E-state index contributed by atoms with van der Waals surface area (Å²) in [7, 11) is 0. The number of allylic oxidation sites excluding steroid dienone is 2. The SMILES string of the molecule is C/C=C/CCCCCCCCCCCCCCCCCC1N=CC[N+]1(CC)CCO. The third-order valence-corrected chi connectivity index (χ3v) is 7.10. The Morgan fingerprint density at radius 3 is 1.80 bits per heavy atom. The van der Waals surface area contributed by atoms with Crippen LogP contribution in [0.3, 0.4) is 0 Å². The molecule has 2 atom stereocenters. The standard InChI is InChI=1S/C27H53N2O/c1-3-5-6-7-8-9-10-11-12-13-14-15-16-17-18-19-20-21-22-27-28-23-24-29(27,4-2)25-26-30/h3,5,23,27,30H,4,6-22,24-26H2,1-2H3/q+1/b5-3+. The van der Waals surface area contributed by atoms with Crippen molar-refractivity contribution >= 4 is 6.21 Å². The molecule has 1 N–H and O–H groups in total. The molecule has 176 valence electrons. The molecule has 1 aliphatic rings. The summed E-state index contributed by atoms with van der Waals surface area (Å²) >= 11 is 0. The number of nitrogens with zero attached hydrogens (tertiary/aromatic N) is 2. The number of quaternary nitrogens is 1. The van der Waals surface area contributed by atoms with E-state index in [2.05, 4.69) is 32.2 Å². The average molecular weight is 422 g/mol. The fraction of sp³-hybridized carbons (Fsp3) is 0.889. The fourth-order valence-electron chi connectivity index (χ4n) is 4.93. The van der Waals surface area contributed by atoms with Crippen molar-refractivity contribution < 1.29 is 9.59 Å². The van der Waals surface area contributed by atoms with Gasteiger partial charge in [0.05, 0.1) is 19.4 Å². The van der Waals surface area contributed by atoms with Gasteiger partial charge in [-0.25, -0.2) is 4.99 Å². The summed E-state index contributed by atoms with van der Waals surface area (Å²) in [6.45, 7) is 7.60. The minimum atomic E-state index is 0.283. The van der Waals surface area contributed by atoms with Crippen LogP contribution in [0.1, 0.15) is 123 Å². The summed E-state index contributed by atoms with van der Waals surface area (Å²) < 4.78 is 0.979. The second kappa shape index (κ2) is 19.0. The monoisotopic (exact) mass is 421 g/mol. The summed E-state index contributed by atoms with van der Waals surface area (Å²) in [6.07, 6.45) is 30.6. The second-order valence-corrected chi connectivity index (χ2v) is 9.43. The molecular weight excluding hydrogens is 368 g/mol. The molecule has 0 bridgehead atoms. The Hall–Kier alpha value is -0.670. The molecule has 0 aliphatic carbocycles. The van der Waals surface area contributed by atoms with E-state index in [0.29, 0.717) is 6.17 Å². The van der Waals surface area contributed by atoms with Crippen molar-refractivity contribution in [1.29, 1.82) is 0 Å². The van der Waals surface area contributed by atoms with E-state index in [1.165, 1.54) is 109 Å². The number of unbranched alkanes of at least 4 members (excludes halogenated alkanes) is 15. The van der Waals surface area contributed by atoms with Crippen LogP contribution in [-0.2, 0) is 0 Å². The number of hydrogen-bond acceptors (Lipinski definition) is 2. The fourth-order valence-corrected chi connectivity index (χ4v) is 4.93. The zero-order valence-corrected chi connectivity index (χ0v) is 20.5. The number of hydrogen-bond donors (Lipinski definition) is 1. The predicted molar refractivity (Wildman–Crippen MR) is 133 cm³/mol. The van der Waals surface area contributed by atoms with Gasteiger partial charge in [0.25, 0.3) is 0 Å². The molecule has 0 aromatic heterocycles. The Balaban J connectivity index is 1.82. The molecule has 1 heterocycles. The largest absolute Gasteiger partial charge is 0.391 e. The number of likely N-dealkylation sites (N-methyl/N-ethyl adjacent to an activating group) is 1. The molecular formula is C27H53N2O+. The highest BCUT2D eigenvalue weighted by molar-refractivity contribution is 5.60. The topological polar surface area (TPSA) is 32.6 Å². The maximum absolute atomic E-state index is 9.40. The summed E-state index contributed by atoms with van der Waals surface area (Å²) in [5.74, 6) is 0. The van der Waals surface area contributed by atoms with Crippen molar-refractivity contribution in [3.05, 3.63) is 12.2 Å². The summed E-state index contributed by atoms with van der Waals surface area (Å²) in [4.78, 5) is 4.73. The predicted octanol–water partition coefficient (Wildman–Crippen LogP) is 7.43. The van der Waals surface area contributed by atoms with Crippen LogP contribution in [0.25, 0.3) is 0 Å². The Bertz CT molecular complexity index is 435. The first-order valence-corrected chi connectivity index (χ1v) is 13.4. The van der Waals surface area contributed by atoms with E-state index in [4.69, 9.17) is 4.99 Å². The maximum atomic E-state index is 9.40. The average Bonchev–Trinajstić information content (AvgIpc) is 3.16. The molecule has 1 rings (SSSR count). The minimum Gasteiger partial charge on any atom is -0.391 e. The van der Waals surface area contributed by atoms with Crippen molar-refractivity contribution in [2.45, 2.75) is 129 Å². The number of aliphatic hydroxyl groups excluding tert-OH is 1. The highest BCUT2D eigenvalue weighted by Gasteiger charge is 2.36. The number of rotatable bonds is 21. The van der Waals surface area contributed by atoms with E-state index in [9.17, 15) is 5.11 Å². The van der Waals surface area contributed by atoms with E-state index in [1.54, 1.807) is 0 Å². The lowest BCUT2D eigenvalue weighted by molar-refractivity contribution is -0.936. The Morgan fingerprint density at radius 2 is 1.33 bits per heavy atom. The summed E-state index contributed by atoms with van der Waals surface area (Å²) in [6, 6.07) is 0. The lowest BCUT2D eigenvalue weighted by Crippen LogP contribution is -2.53. The molecule has 0 aromatic rings. The first-order valence-electron chi connectivity index (χ1n) is 13.4. The van der Waals surface area contributed by atoms with Gasteiger partial charge in [-0.15, -0.1) is 0 Å². The maximum Gasteiger partial charge on any atom is 0.182 e. The van der Waals surface area contributed by atoms with Crippen molar-refractivity contribution in [3.8, 4) is 0 Å². The first kappa shape index (κ1) is 27.4. The molecule has 3 nitrogen and oxygen atoms in total. The van der Waals surface area contributed by atoms with E-state index in [-0.39, 0.29) is 6.61 Å². The second-order valence-electron chi connectivity index (χ2n) is 9.43. The molecule has 0 saturated carbocycles. The highest BCUT2D eigenvalue weighted by Crippen LogP contribution is 2.24. The molecule has 0 spiro atoms. The smallest absolute Gasteiger partial charge is 0.182 e. The molecule has 0 amide bonds. The van der Waals surface area contributed by atoms with Gasteiger partial charge in [-0.2, -0.15) is 0 Å². The Morgan fingerprint density at radius 1 is 0.833 bits per heavy atom. The summed E-state index contributed by atoms with van der Waals surface area (Å²) in [5, 5.41) is 9.40. The van der Waals surface area contributed by atoms with Gasteiger partial charge in [-0.1, -0.05) is 95.6 Å². The molecule has 30 heavy (non-hydrogen) atoms. The molecule has 0 fully saturated rings. The van der Waals surface area contributed by atoms with Gasteiger partial charge in [0.1, 0.15) is 13.1 Å². The van der Waals surface area contributed by atoms with Gasteiger partial charge >= 0.3 is 0 Å². The van der Waals surface area contributed by atoms with E-state index < -0.39 is 0 Å². The highest BCUT2D eigenvalue weighted by atomic mass is 16.3. The summed E-state index contributed by atoms with van der Waals surface area (Å²) in [5.41, 5.74) is 0. The Kier molecular flexibility index (Phi) is 17.4. The van der Waals surface area contributed by atoms with Gasteiger partial charge in [-0.05, 0) is 33.1 Å². The van der Waals surface area contributed by atoms with Crippen LogP contribution in [0.4, 0.5) is 0 Å². The third-order valence-electron chi connectivity index (χ3n) is 7.10. The van der Waals surface area contributed by atoms with Crippen LogP contribution in [0.15, 0.2) is 17.1 Å². The van der Waals surface area contributed by atoms with Gasteiger partial charge in [0.15, 0.2) is 6.17 Å². The van der Waals surface area contributed by atoms with Crippen molar-refractivity contribution in [2.75, 3.05) is 26.2 Å². The molecule has 0 radical (unpaired) electrons. The molecule has 0 aromatic carbocycles. The van der Waals surface area contributed by atoms with Gasteiger partial charge in [-0.3, -0.25) is 4.48 Å². The van der Waals surface area contributed by atoms with E-state index >= 15 is 0 Å². The molecule has 0 saturated heterocycles. The van der Waals surface area contributed by atoms with Crippen LogP contribution in [0.2, 0.25) is 0 Å². The van der Waals surface area contributed by atoms with Crippen molar-refractivity contribution in [1.82, 2.24) is 0 Å². The zero-order chi connectivity index (χ0) is 21.8. The van der Waals surface area contributed by atoms with Crippen molar-refractivity contribution in [3.63, 3.8) is 0 Å². The lowest BCUT2D eigenvalue weighted by atomic mass is 10.0. The van der Waals surface area contributed by atoms with Gasteiger partial charge in [0, 0.05) is 6.42 Å². The first-order chi connectivity index (χ1) is 14.8. The molecule has 3 heteroatoms. The van der Waals surface area contributed by atoms with Crippen LogP contribution >= 0.6 is 0 Å². The normalized spacial score (nSPS) is 21.2. The number of aliphatic hydroxyl groups is 1. The zero-order valence-electron chi connectivity index (χ0n) is 20.5. The van der Waals surface area contributed by atoms with E-state index in [1.807, 2.05) is 0 Å². The van der Waals surface area contributed by atoms with Crippen LogP contribution in [0.5, 0.6) is 0 Å². The number of aliphatic imine (C=N–C) groups is 1. The van der Waals surface area contributed by atoms with Crippen molar-refractivity contribution in [2.24, 2.45) is 4.99 Å². The van der Waals surface area contributed by atoms with Crippen LogP contribution < -0.4 is 0 Å². The van der Waals surface area contributed by atoms with E-state index in [0.717, 1.165) is 24.1 Å². The van der Waals surface area contributed by atoms with Gasteiger partial charge < -0.3 is 5.11 Å². The van der Waals surface area contributed by atoms with Gasteiger partial charge in [0.2, 0.25) is 0 Å².